The van der Waals surface area contributed by atoms with Crippen molar-refractivity contribution in [2.75, 3.05) is 0 Å². The first kappa shape index (κ1) is 18.8. The predicted octanol–water partition coefficient (Wildman–Crippen LogP) is 4.31. The van der Waals surface area contributed by atoms with Crippen LogP contribution in [0.15, 0.2) is 60.7 Å². The first-order chi connectivity index (χ1) is 11.5. The molecule has 0 bridgehead atoms. The lowest BCUT2D eigenvalue weighted by atomic mass is 10.2. The van der Waals surface area contributed by atoms with E-state index in [1.807, 2.05) is 60.7 Å². The lowest BCUT2D eigenvalue weighted by Gasteiger charge is -2.23. The molecule has 0 aliphatic heterocycles. The first-order valence-electron chi connectivity index (χ1n) is 7.82. The number of aliphatic hydroxyl groups excluding tert-OH is 1. The van der Waals surface area contributed by atoms with Crippen LogP contribution in [0.25, 0.3) is 0 Å². The number of phosphoric ester groups is 1. The number of phosphoric acid groups is 1. The molecular formula is C18H23O5P. The lowest BCUT2D eigenvalue weighted by molar-refractivity contribution is 0.0154. The third-order valence-electron chi connectivity index (χ3n) is 3.44. The smallest absolute Gasteiger partial charge is 0.391 e. The maximum atomic E-state index is 12.9. The highest BCUT2D eigenvalue weighted by molar-refractivity contribution is 7.48. The van der Waals surface area contributed by atoms with Gasteiger partial charge in [-0.05, 0) is 25.0 Å². The minimum atomic E-state index is -3.82. The highest BCUT2D eigenvalue weighted by Crippen LogP contribution is 2.52. The molecule has 0 saturated carbocycles. The van der Waals surface area contributed by atoms with Gasteiger partial charge in [-0.15, -0.1) is 0 Å². The molecule has 0 radical (unpaired) electrons. The molecule has 0 heterocycles. The van der Waals surface area contributed by atoms with Crippen molar-refractivity contribution in [3.63, 3.8) is 0 Å². The molecule has 0 unspecified atom stereocenters. The summed E-state index contributed by atoms with van der Waals surface area (Å²) in [6, 6.07) is 18.7. The van der Waals surface area contributed by atoms with Crippen LogP contribution >= 0.6 is 7.82 Å². The van der Waals surface area contributed by atoms with E-state index >= 15 is 0 Å². The summed E-state index contributed by atoms with van der Waals surface area (Å²) in [6.07, 6.45) is -1.47. The summed E-state index contributed by atoms with van der Waals surface area (Å²) in [7, 11) is -3.82. The van der Waals surface area contributed by atoms with Gasteiger partial charge < -0.3 is 5.11 Å². The van der Waals surface area contributed by atoms with Gasteiger partial charge in [0, 0.05) is 0 Å². The Balaban J connectivity index is 2.03. The number of benzene rings is 2. The zero-order chi connectivity index (χ0) is 17.4. The molecule has 2 atom stereocenters. The summed E-state index contributed by atoms with van der Waals surface area (Å²) < 4.78 is 29.2. The fourth-order valence-electron chi connectivity index (χ4n) is 1.85. The summed E-state index contributed by atoms with van der Waals surface area (Å²) in [4.78, 5) is 0. The van der Waals surface area contributed by atoms with E-state index in [0.717, 1.165) is 11.1 Å². The van der Waals surface area contributed by atoms with Crippen molar-refractivity contribution in [2.45, 2.75) is 39.3 Å². The Morgan fingerprint density at radius 2 is 1.29 bits per heavy atom. The van der Waals surface area contributed by atoms with E-state index in [2.05, 4.69) is 0 Å². The SMILES string of the molecule is C[C@H](OP(=O)(OCc1ccccc1)OCc1ccccc1)[C@@H](C)O. The van der Waals surface area contributed by atoms with Gasteiger partial charge in [0.25, 0.3) is 0 Å². The fraction of sp³-hybridized carbons (Fsp3) is 0.333. The van der Waals surface area contributed by atoms with Crippen molar-refractivity contribution in [3.05, 3.63) is 71.8 Å². The van der Waals surface area contributed by atoms with Crippen LogP contribution in [-0.2, 0) is 31.4 Å². The molecule has 0 amide bonds. The van der Waals surface area contributed by atoms with Crippen LogP contribution in [0.3, 0.4) is 0 Å². The molecule has 130 valence electrons. The van der Waals surface area contributed by atoms with Gasteiger partial charge >= 0.3 is 7.82 Å². The third kappa shape index (κ3) is 6.19. The van der Waals surface area contributed by atoms with Gasteiger partial charge in [-0.3, -0.25) is 13.6 Å². The molecule has 2 rings (SSSR count). The van der Waals surface area contributed by atoms with E-state index in [1.54, 1.807) is 13.8 Å². The van der Waals surface area contributed by atoms with Crippen LogP contribution in [0.4, 0.5) is 0 Å². The normalized spacial score (nSPS) is 14.3. The Morgan fingerprint density at radius 3 is 1.67 bits per heavy atom. The van der Waals surface area contributed by atoms with Crippen LogP contribution < -0.4 is 0 Å². The van der Waals surface area contributed by atoms with Gasteiger partial charge in [-0.2, -0.15) is 0 Å². The van der Waals surface area contributed by atoms with Crippen LogP contribution in [0.1, 0.15) is 25.0 Å². The average Bonchev–Trinajstić information content (AvgIpc) is 2.60. The largest absolute Gasteiger partial charge is 0.475 e. The van der Waals surface area contributed by atoms with Crippen LogP contribution in [-0.4, -0.2) is 17.3 Å². The van der Waals surface area contributed by atoms with Crippen LogP contribution in [0.2, 0.25) is 0 Å². The first-order valence-corrected chi connectivity index (χ1v) is 9.28. The molecule has 0 spiro atoms. The second-order valence-electron chi connectivity index (χ2n) is 5.52. The molecule has 5 nitrogen and oxygen atoms in total. The minimum absolute atomic E-state index is 0.0967. The number of hydrogen-bond donors (Lipinski definition) is 1. The van der Waals surface area contributed by atoms with E-state index in [-0.39, 0.29) is 13.2 Å². The Hall–Kier alpha value is -1.49. The Morgan fingerprint density at radius 1 is 0.875 bits per heavy atom. The lowest BCUT2D eigenvalue weighted by Crippen LogP contribution is -2.22. The molecule has 0 fully saturated rings. The maximum absolute atomic E-state index is 12.9. The Kier molecular flexibility index (Phi) is 7.16. The summed E-state index contributed by atoms with van der Waals surface area (Å²) in [5.74, 6) is 0. The van der Waals surface area contributed by atoms with Gasteiger partial charge in [-0.1, -0.05) is 60.7 Å². The van der Waals surface area contributed by atoms with E-state index < -0.39 is 20.0 Å². The minimum Gasteiger partial charge on any atom is -0.391 e. The van der Waals surface area contributed by atoms with Gasteiger partial charge in [0.15, 0.2) is 0 Å². The maximum Gasteiger partial charge on any atom is 0.475 e. The Bertz CT molecular complexity index is 597. The molecule has 0 aliphatic carbocycles. The van der Waals surface area contributed by atoms with Crippen molar-refractivity contribution in [2.24, 2.45) is 0 Å². The topological polar surface area (TPSA) is 65.0 Å². The molecule has 24 heavy (non-hydrogen) atoms. The molecule has 0 saturated heterocycles. The monoisotopic (exact) mass is 350 g/mol. The number of rotatable bonds is 9. The summed E-state index contributed by atoms with van der Waals surface area (Å²) in [6.45, 7) is 3.37. The van der Waals surface area contributed by atoms with Gasteiger partial charge in [-0.25, -0.2) is 4.57 Å². The molecule has 0 aromatic heterocycles. The number of hydrogen-bond acceptors (Lipinski definition) is 5. The molecule has 2 aromatic carbocycles. The highest BCUT2D eigenvalue weighted by Gasteiger charge is 2.31. The fourth-order valence-corrected chi connectivity index (χ4v) is 3.24. The summed E-state index contributed by atoms with van der Waals surface area (Å²) in [5.41, 5.74) is 1.71. The van der Waals surface area contributed by atoms with E-state index in [0.29, 0.717) is 0 Å². The van der Waals surface area contributed by atoms with Crippen molar-refractivity contribution < 1.29 is 23.2 Å². The summed E-state index contributed by atoms with van der Waals surface area (Å²) >= 11 is 0. The highest BCUT2D eigenvalue weighted by atomic mass is 31.2. The molecule has 0 aliphatic rings. The average molecular weight is 350 g/mol. The molecule has 1 N–H and O–H groups in total. The van der Waals surface area contributed by atoms with Crippen LogP contribution in [0.5, 0.6) is 0 Å². The van der Waals surface area contributed by atoms with Crippen molar-refractivity contribution >= 4 is 7.82 Å². The van der Waals surface area contributed by atoms with E-state index in [9.17, 15) is 9.67 Å². The molecular weight excluding hydrogens is 327 g/mol. The van der Waals surface area contributed by atoms with Gasteiger partial charge in [0.2, 0.25) is 0 Å². The van der Waals surface area contributed by atoms with E-state index in [1.165, 1.54) is 0 Å². The second kappa shape index (κ2) is 9.11. The van der Waals surface area contributed by atoms with Gasteiger partial charge in [0.05, 0.1) is 25.4 Å². The predicted molar refractivity (Wildman–Crippen MR) is 92.3 cm³/mol. The van der Waals surface area contributed by atoms with Crippen molar-refractivity contribution in [1.82, 2.24) is 0 Å². The third-order valence-corrected chi connectivity index (χ3v) is 4.92. The standard InChI is InChI=1S/C18H23O5P/c1-15(19)16(2)23-24(20,21-13-17-9-5-3-6-10-17)22-14-18-11-7-4-8-12-18/h3-12,15-16,19H,13-14H2,1-2H3/t15-,16+/m1/s1. The summed E-state index contributed by atoms with van der Waals surface area (Å²) in [5, 5.41) is 9.60. The quantitative estimate of drug-likeness (QED) is 0.683. The van der Waals surface area contributed by atoms with Crippen molar-refractivity contribution in [1.29, 1.82) is 0 Å². The van der Waals surface area contributed by atoms with E-state index in [4.69, 9.17) is 13.6 Å². The zero-order valence-electron chi connectivity index (χ0n) is 13.9. The Labute approximate surface area is 142 Å². The van der Waals surface area contributed by atoms with Gasteiger partial charge in [0.1, 0.15) is 0 Å². The molecule has 6 heteroatoms. The second-order valence-corrected chi connectivity index (χ2v) is 7.14. The zero-order valence-corrected chi connectivity index (χ0v) is 14.8. The number of aliphatic hydroxyl groups is 1. The van der Waals surface area contributed by atoms with Crippen LogP contribution in [0, 0.1) is 0 Å². The van der Waals surface area contributed by atoms with Crippen molar-refractivity contribution in [3.8, 4) is 0 Å². The molecule has 2 aromatic rings.